The molecular formula is C17H20N6O2. The van der Waals surface area contributed by atoms with Gasteiger partial charge in [-0.25, -0.2) is 0 Å². The van der Waals surface area contributed by atoms with Crippen molar-refractivity contribution in [1.29, 1.82) is 0 Å². The summed E-state index contributed by atoms with van der Waals surface area (Å²) in [7, 11) is 2.07. The summed E-state index contributed by atoms with van der Waals surface area (Å²) in [4.78, 5) is 18.6. The highest BCUT2D eigenvalue weighted by atomic mass is 16.5. The average Bonchev–Trinajstić information content (AvgIpc) is 3.11. The zero-order chi connectivity index (χ0) is 17.2. The summed E-state index contributed by atoms with van der Waals surface area (Å²) in [6, 6.07) is 7.60. The number of para-hydroxylation sites is 1. The van der Waals surface area contributed by atoms with Gasteiger partial charge in [0, 0.05) is 31.4 Å². The number of rotatable bonds is 4. The van der Waals surface area contributed by atoms with Gasteiger partial charge in [-0.05, 0) is 19.2 Å². The third kappa shape index (κ3) is 3.18. The number of nitrogens with one attached hydrogen (secondary N) is 1. The largest absolute Gasteiger partial charge is 0.339 e. The van der Waals surface area contributed by atoms with Crippen molar-refractivity contribution in [2.75, 3.05) is 26.7 Å². The lowest BCUT2D eigenvalue weighted by Gasteiger charge is -2.30. The highest BCUT2D eigenvalue weighted by molar-refractivity contribution is 5.77. The second kappa shape index (κ2) is 6.73. The Hall–Kier alpha value is -2.58. The van der Waals surface area contributed by atoms with Gasteiger partial charge in [0.05, 0.1) is 24.3 Å². The first-order valence-corrected chi connectivity index (χ1v) is 8.40. The van der Waals surface area contributed by atoms with E-state index in [1.54, 1.807) is 4.68 Å². The second-order valence-electron chi connectivity index (χ2n) is 6.25. The van der Waals surface area contributed by atoms with E-state index in [1.165, 1.54) is 6.20 Å². The molecule has 1 aliphatic rings. The van der Waals surface area contributed by atoms with E-state index in [-0.39, 0.29) is 11.5 Å². The summed E-state index contributed by atoms with van der Waals surface area (Å²) in [6.07, 6.45) is 1.92. The van der Waals surface area contributed by atoms with Crippen LogP contribution in [0.4, 0.5) is 0 Å². The second-order valence-corrected chi connectivity index (χ2v) is 6.25. The molecule has 3 aromatic rings. The zero-order valence-corrected chi connectivity index (χ0v) is 14.1. The van der Waals surface area contributed by atoms with E-state index >= 15 is 0 Å². The third-order valence-corrected chi connectivity index (χ3v) is 4.59. The van der Waals surface area contributed by atoms with Crippen molar-refractivity contribution >= 4 is 10.9 Å². The van der Waals surface area contributed by atoms with E-state index in [0.717, 1.165) is 25.2 Å². The molecule has 0 amide bonds. The van der Waals surface area contributed by atoms with Crippen LogP contribution in [0.5, 0.6) is 0 Å². The number of benzene rings is 1. The molecule has 0 saturated carbocycles. The van der Waals surface area contributed by atoms with Crippen molar-refractivity contribution in [2.45, 2.75) is 19.0 Å². The number of hydrogen-bond acceptors (Lipinski definition) is 7. The van der Waals surface area contributed by atoms with Crippen LogP contribution in [0.3, 0.4) is 0 Å². The molecule has 8 heteroatoms. The van der Waals surface area contributed by atoms with E-state index < -0.39 is 0 Å². The summed E-state index contributed by atoms with van der Waals surface area (Å²) < 4.78 is 7.21. The van der Waals surface area contributed by atoms with Crippen LogP contribution in [0.25, 0.3) is 10.9 Å². The molecule has 1 saturated heterocycles. The Labute approximate surface area is 144 Å². The van der Waals surface area contributed by atoms with Crippen molar-refractivity contribution in [3.63, 3.8) is 0 Å². The highest BCUT2D eigenvalue weighted by Gasteiger charge is 2.25. The summed E-state index contributed by atoms with van der Waals surface area (Å²) in [5.41, 5.74) is 0.741. The van der Waals surface area contributed by atoms with Crippen LogP contribution >= 0.6 is 0 Å². The van der Waals surface area contributed by atoms with Crippen molar-refractivity contribution in [3.05, 3.63) is 52.4 Å². The first-order chi connectivity index (χ1) is 12.2. The molecule has 1 fully saturated rings. The van der Waals surface area contributed by atoms with Crippen molar-refractivity contribution < 1.29 is 4.52 Å². The number of piperazine rings is 1. The Balaban J connectivity index is 1.51. The molecule has 1 atom stereocenters. The topological polar surface area (TPSA) is 89.1 Å². The van der Waals surface area contributed by atoms with Gasteiger partial charge in [0.15, 0.2) is 5.82 Å². The van der Waals surface area contributed by atoms with Gasteiger partial charge in [-0.3, -0.25) is 14.4 Å². The number of likely N-dealkylation sites (N-methyl/N-ethyl adjacent to an activating group) is 1. The Morgan fingerprint density at radius 1 is 1.36 bits per heavy atom. The van der Waals surface area contributed by atoms with E-state index in [9.17, 15) is 4.79 Å². The molecule has 8 nitrogen and oxygen atoms in total. The molecule has 1 N–H and O–H groups in total. The fraction of sp³-hybridized carbons (Fsp3) is 0.412. The van der Waals surface area contributed by atoms with E-state index in [0.29, 0.717) is 30.1 Å². The quantitative estimate of drug-likeness (QED) is 0.744. The van der Waals surface area contributed by atoms with Gasteiger partial charge >= 0.3 is 0 Å². The van der Waals surface area contributed by atoms with Crippen LogP contribution in [-0.4, -0.2) is 51.5 Å². The summed E-state index contributed by atoms with van der Waals surface area (Å²) in [6.45, 7) is 3.33. The van der Waals surface area contributed by atoms with Crippen LogP contribution in [-0.2, 0) is 13.0 Å². The Morgan fingerprint density at radius 3 is 3.12 bits per heavy atom. The predicted molar refractivity (Wildman–Crippen MR) is 92.2 cm³/mol. The van der Waals surface area contributed by atoms with Gasteiger partial charge in [-0.2, -0.15) is 10.1 Å². The van der Waals surface area contributed by atoms with E-state index in [2.05, 4.69) is 32.5 Å². The monoisotopic (exact) mass is 340 g/mol. The van der Waals surface area contributed by atoms with Gasteiger partial charge in [0.2, 0.25) is 11.3 Å². The molecule has 3 heterocycles. The van der Waals surface area contributed by atoms with E-state index in [4.69, 9.17) is 4.52 Å². The zero-order valence-electron chi connectivity index (χ0n) is 14.1. The number of aromatic nitrogens is 4. The van der Waals surface area contributed by atoms with Gasteiger partial charge in [0.25, 0.3) is 0 Å². The lowest BCUT2D eigenvalue weighted by Crippen LogP contribution is -2.44. The number of aryl methyl sites for hydroxylation is 2. The van der Waals surface area contributed by atoms with Crippen LogP contribution in [0.1, 0.15) is 17.8 Å². The smallest absolute Gasteiger partial charge is 0.228 e. The standard InChI is InChI=1S/C17H20N6O2/c1-22-9-7-18-10-14(22)17-20-16(25-21-17)6-8-23-13-5-3-2-4-12(13)15(24)11-19-23/h2-5,11,14,18H,6-10H2,1H3. The predicted octanol–water partition coefficient (Wildman–Crippen LogP) is 0.598. The maximum atomic E-state index is 11.9. The van der Waals surface area contributed by atoms with Crippen molar-refractivity contribution in [2.24, 2.45) is 0 Å². The third-order valence-electron chi connectivity index (χ3n) is 4.59. The Kier molecular flexibility index (Phi) is 4.29. The first-order valence-electron chi connectivity index (χ1n) is 8.40. The number of fused-ring (bicyclic) bond motifs is 1. The molecule has 0 radical (unpaired) electrons. The minimum absolute atomic E-state index is 0.0697. The van der Waals surface area contributed by atoms with Crippen LogP contribution in [0, 0.1) is 0 Å². The fourth-order valence-electron chi connectivity index (χ4n) is 3.14. The number of nitrogens with zero attached hydrogens (tertiary/aromatic N) is 5. The van der Waals surface area contributed by atoms with Crippen LogP contribution in [0.2, 0.25) is 0 Å². The maximum absolute atomic E-state index is 11.9. The lowest BCUT2D eigenvalue weighted by atomic mass is 10.2. The Morgan fingerprint density at radius 2 is 2.24 bits per heavy atom. The van der Waals surface area contributed by atoms with Crippen molar-refractivity contribution in [1.82, 2.24) is 30.1 Å². The first kappa shape index (κ1) is 15.9. The molecule has 1 unspecified atom stereocenters. The molecule has 1 aliphatic heterocycles. The summed E-state index contributed by atoms with van der Waals surface area (Å²) in [5, 5.41) is 12.4. The van der Waals surface area contributed by atoms with Gasteiger partial charge in [-0.1, -0.05) is 17.3 Å². The molecule has 2 aromatic heterocycles. The molecule has 0 aliphatic carbocycles. The molecule has 0 bridgehead atoms. The molecule has 0 spiro atoms. The Bertz CT molecular complexity index is 934. The SMILES string of the molecule is CN1CCNCC1c1noc(CCn2ncc(=O)c3ccccc32)n1. The molecular weight excluding hydrogens is 320 g/mol. The normalized spacial score (nSPS) is 18.7. The van der Waals surface area contributed by atoms with Crippen LogP contribution in [0.15, 0.2) is 39.8 Å². The summed E-state index contributed by atoms with van der Waals surface area (Å²) in [5.74, 6) is 1.29. The fourth-order valence-corrected chi connectivity index (χ4v) is 3.14. The summed E-state index contributed by atoms with van der Waals surface area (Å²) >= 11 is 0. The highest BCUT2D eigenvalue weighted by Crippen LogP contribution is 2.18. The van der Waals surface area contributed by atoms with Gasteiger partial charge in [0.1, 0.15) is 0 Å². The molecule has 25 heavy (non-hydrogen) atoms. The minimum Gasteiger partial charge on any atom is -0.339 e. The molecule has 130 valence electrons. The maximum Gasteiger partial charge on any atom is 0.228 e. The van der Waals surface area contributed by atoms with Gasteiger partial charge < -0.3 is 9.84 Å². The lowest BCUT2D eigenvalue weighted by molar-refractivity contribution is 0.190. The van der Waals surface area contributed by atoms with Crippen LogP contribution < -0.4 is 10.7 Å². The minimum atomic E-state index is -0.0697. The van der Waals surface area contributed by atoms with Gasteiger partial charge in [-0.15, -0.1) is 0 Å². The van der Waals surface area contributed by atoms with Crippen molar-refractivity contribution in [3.8, 4) is 0 Å². The average molecular weight is 340 g/mol. The number of hydrogen-bond donors (Lipinski definition) is 1. The van der Waals surface area contributed by atoms with E-state index in [1.807, 2.05) is 24.3 Å². The molecule has 4 rings (SSSR count). The molecule has 1 aromatic carbocycles.